The first-order valence-corrected chi connectivity index (χ1v) is 37.1. The minimum Gasteiger partial charge on any atom is -0.0616 e. The summed E-state index contributed by atoms with van der Waals surface area (Å²) >= 11 is 0. The molecule has 2 aliphatic rings. The highest BCUT2D eigenvalue weighted by atomic mass is 14.5. The topological polar surface area (TPSA) is 0 Å². The molecular formula is C100H98. The molecule has 0 amide bonds. The predicted octanol–water partition coefficient (Wildman–Crippen LogP) is 28.9. The van der Waals surface area contributed by atoms with Crippen LogP contribution in [-0.2, 0) is 43.3 Å². The van der Waals surface area contributed by atoms with Crippen LogP contribution in [0.25, 0.3) is 153 Å². The van der Waals surface area contributed by atoms with E-state index in [-0.39, 0.29) is 43.3 Å². The predicted molar refractivity (Wildman–Crippen MR) is 438 cm³/mol. The summed E-state index contributed by atoms with van der Waals surface area (Å²) in [6.07, 6.45) is 0. The Morgan fingerprint density at radius 1 is 0.200 bits per heavy atom. The van der Waals surface area contributed by atoms with Crippen molar-refractivity contribution >= 4 is 86.2 Å². The average Bonchev–Trinajstić information content (AvgIpc) is 1.47. The first-order valence-electron chi connectivity index (χ1n) is 37.1. The normalized spacial score (nSPS) is 14.9. The van der Waals surface area contributed by atoms with Crippen LogP contribution >= 0.6 is 0 Å². The lowest BCUT2D eigenvalue weighted by Gasteiger charge is -2.28. The highest BCUT2D eigenvalue weighted by Crippen LogP contribution is 2.61. The van der Waals surface area contributed by atoms with Crippen molar-refractivity contribution in [3.05, 3.63) is 250 Å². The third-order valence-corrected chi connectivity index (χ3v) is 24.3. The van der Waals surface area contributed by atoms with E-state index in [1.165, 1.54) is 209 Å². The van der Waals surface area contributed by atoms with Gasteiger partial charge in [-0.1, -0.05) is 316 Å². The van der Waals surface area contributed by atoms with Crippen LogP contribution < -0.4 is 0 Å². The molecule has 0 nitrogen and oxygen atoms in total. The second kappa shape index (κ2) is 20.8. The Kier molecular flexibility index (Phi) is 13.4. The molecule has 0 spiro atoms. The van der Waals surface area contributed by atoms with Crippen LogP contribution in [0, 0.1) is 0 Å². The van der Waals surface area contributed by atoms with E-state index in [9.17, 15) is 0 Å². The molecule has 0 unspecified atom stereocenters. The fraction of sp³-hybridized carbons (Fsp3) is 0.300. The van der Waals surface area contributed by atoms with E-state index in [2.05, 4.69) is 346 Å². The lowest BCUT2D eigenvalue weighted by Crippen LogP contribution is -2.19. The highest BCUT2D eigenvalue weighted by molar-refractivity contribution is 6.47. The molecule has 100 heavy (non-hydrogen) atoms. The Hall–Kier alpha value is -9.10. The molecule has 0 radical (unpaired) electrons. The van der Waals surface area contributed by atoms with Gasteiger partial charge in [-0.2, -0.15) is 0 Å². The lowest BCUT2D eigenvalue weighted by atomic mass is 9.76. The molecular weight excluding hydrogens is 1200 g/mol. The van der Waals surface area contributed by atoms with Crippen LogP contribution in [0.4, 0.5) is 0 Å². The molecule has 0 saturated heterocycles. The first kappa shape index (κ1) is 64.3. The quantitative estimate of drug-likeness (QED) is 0.154. The van der Waals surface area contributed by atoms with Gasteiger partial charge in [-0.25, -0.2) is 0 Å². The van der Waals surface area contributed by atoms with Crippen molar-refractivity contribution in [2.45, 2.75) is 196 Å². The minimum atomic E-state index is -0.212. The van der Waals surface area contributed by atoms with Crippen molar-refractivity contribution in [2.75, 3.05) is 0 Å². The van der Waals surface area contributed by atoms with Gasteiger partial charge in [0.1, 0.15) is 0 Å². The van der Waals surface area contributed by atoms with Gasteiger partial charge in [-0.05, 0) is 271 Å². The fourth-order valence-electron chi connectivity index (χ4n) is 18.3. The molecule has 0 aliphatic heterocycles. The number of fused-ring (bicyclic) bond motifs is 16. The third-order valence-electron chi connectivity index (χ3n) is 24.3. The lowest BCUT2D eigenvalue weighted by molar-refractivity contribution is 0.579. The minimum absolute atomic E-state index is 0.0159. The molecule has 15 aromatic rings. The van der Waals surface area contributed by atoms with Gasteiger partial charge in [-0.3, -0.25) is 0 Å². The van der Waals surface area contributed by atoms with E-state index in [0.717, 1.165) is 0 Å². The van der Waals surface area contributed by atoms with Gasteiger partial charge in [-0.15, -0.1) is 0 Å². The zero-order chi connectivity index (χ0) is 70.6. The largest absolute Gasteiger partial charge is 0.0616 e. The molecule has 0 saturated carbocycles. The maximum atomic E-state index is 2.65. The maximum Gasteiger partial charge on any atom is 0.0159 e. The molecule has 0 bridgehead atoms. The molecule has 0 heterocycles. The standard InChI is InChI=1S/C100H98/c1-93(2,3)59-35-30-55(31-36-59)83-78-54-76-66-41-34-58(73-48-63(97(13,14)15)52-81-86(73)69-42-39-61(95(7,8)9)50-79(69)99(81,19)20)46-74(66)67-28-25-29-71(85(67)76)89(78)84(56-32-37-60(38-33-56)94(4,5)6)92-77-47-57-26-23-24-27-65(57)88-68(44-45-72(90(77)88)91(83)92)75-49-64(98(16,17)18)53-82-87(75)70-43-40-62(96(10,11)12)51-80(70)100(82,21)22/h23-54H,1-22H3. The number of benzene rings is 13. The monoisotopic (exact) mass is 1300 g/mol. The zero-order valence-corrected chi connectivity index (χ0v) is 63.5. The highest BCUT2D eigenvalue weighted by Gasteiger charge is 2.42. The number of hydrogen-bond acceptors (Lipinski definition) is 0. The van der Waals surface area contributed by atoms with E-state index in [1.807, 2.05) is 0 Å². The van der Waals surface area contributed by atoms with Gasteiger partial charge >= 0.3 is 0 Å². The summed E-state index contributed by atoms with van der Waals surface area (Å²) in [5.74, 6) is 0. The summed E-state index contributed by atoms with van der Waals surface area (Å²) in [6.45, 7) is 52.3. The Balaban J connectivity index is 1.03. The van der Waals surface area contributed by atoms with Gasteiger partial charge in [0.2, 0.25) is 0 Å². The molecule has 2 aliphatic carbocycles. The van der Waals surface area contributed by atoms with Crippen molar-refractivity contribution < 1.29 is 0 Å². The molecule has 0 heteroatoms. The van der Waals surface area contributed by atoms with Crippen LogP contribution in [0.1, 0.15) is 208 Å². The summed E-state index contributed by atoms with van der Waals surface area (Å²) < 4.78 is 0. The molecule has 498 valence electrons. The number of hydrogen-bond donors (Lipinski definition) is 0. The smallest absolute Gasteiger partial charge is 0.0159 e. The van der Waals surface area contributed by atoms with Crippen molar-refractivity contribution in [1.82, 2.24) is 0 Å². The zero-order valence-electron chi connectivity index (χ0n) is 63.5. The Morgan fingerprint density at radius 3 is 1.18 bits per heavy atom. The summed E-state index contributed by atoms with van der Waals surface area (Å²) in [5.41, 5.74) is 29.1. The van der Waals surface area contributed by atoms with E-state index >= 15 is 0 Å². The first-order chi connectivity index (χ1) is 46.9. The summed E-state index contributed by atoms with van der Waals surface area (Å²) in [7, 11) is 0. The van der Waals surface area contributed by atoms with E-state index in [4.69, 9.17) is 0 Å². The second-order valence-corrected chi connectivity index (χ2v) is 37.7. The molecule has 17 rings (SSSR count). The van der Waals surface area contributed by atoms with E-state index in [1.54, 1.807) is 0 Å². The van der Waals surface area contributed by atoms with Gasteiger partial charge in [0, 0.05) is 10.8 Å². The average molecular weight is 1300 g/mol. The van der Waals surface area contributed by atoms with Crippen molar-refractivity contribution in [2.24, 2.45) is 0 Å². The van der Waals surface area contributed by atoms with Gasteiger partial charge in [0.25, 0.3) is 0 Å². The fourth-order valence-corrected chi connectivity index (χ4v) is 18.3. The summed E-state index contributed by atoms with van der Waals surface area (Å²) in [6, 6.07) is 78.9. The molecule has 0 N–H and O–H groups in total. The van der Waals surface area contributed by atoms with Crippen LogP contribution in [0.3, 0.4) is 0 Å². The SMILES string of the molecule is CC(C)(C)c1ccc(-c2c3cc4c5ccc(-c6cc(C(C)(C)C)cc7c6-c6ccc(C(C)(C)C)cc6C7(C)C)cc5c5cccc(c3c(-c3ccc(C(C)(C)C)cc3)c3c6cc7ccccc7c7c(-c8cc(C(C)(C)C)cc9c8-c8ccc(C(C)(C)C)cc8C9(C)C)ccc(c23)c67)c54)cc1. The summed E-state index contributed by atoms with van der Waals surface area (Å²) in [5, 5.41) is 20.9. The second-order valence-electron chi connectivity index (χ2n) is 37.7. The Labute approximate surface area is 594 Å². The molecule has 0 fully saturated rings. The summed E-state index contributed by atoms with van der Waals surface area (Å²) in [4.78, 5) is 0. The maximum absolute atomic E-state index is 2.65. The van der Waals surface area contributed by atoms with Crippen LogP contribution in [0.5, 0.6) is 0 Å². The van der Waals surface area contributed by atoms with Gasteiger partial charge in [0.15, 0.2) is 0 Å². The van der Waals surface area contributed by atoms with Gasteiger partial charge in [0.05, 0.1) is 0 Å². The Bertz CT molecular complexity index is 6000. The van der Waals surface area contributed by atoms with Crippen molar-refractivity contribution in [1.29, 1.82) is 0 Å². The molecule has 0 atom stereocenters. The third kappa shape index (κ3) is 9.29. The van der Waals surface area contributed by atoms with E-state index in [0.29, 0.717) is 0 Å². The van der Waals surface area contributed by atoms with Crippen LogP contribution in [0.2, 0.25) is 0 Å². The Morgan fingerprint density at radius 2 is 0.630 bits per heavy atom. The van der Waals surface area contributed by atoms with Crippen molar-refractivity contribution in [3.63, 3.8) is 0 Å². The van der Waals surface area contributed by atoms with Crippen LogP contribution in [-0.4, -0.2) is 0 Å². The molecule has 0 aromatic heterocycles. The van der Waals surface area contributed by atoms with Gasteiger partial charge < -0.3 is 0 Å². The van der Waals surface area contributed by atoms with Crippen molar-refractivity contribution in [3.8, 4) is 66.8 Å². The number of rotatable bonds is 4. The molecule has 15 aromatic carbocycles. The van der Waals surface area contributed by atoms with Crippen LogP contribution in [0.15, 0.2) is 194 Å². The van der Waals surface area contributed by atoms with E-state index < -0.39 is 0 Å².